The van der Waals surface area contributed by atoms with Crippen molar-refractivity contribution < 1.29 is 14.4 Å². The first-order valence-corrected chi connectivity index (χ1v) is 11.3. The highest BCUT2D eigenvalue weighted by atomic mass is 32.2. The number of hydrogen-bond donors (Lipinski definition) is 1. The number of rotatable bonds is 7. The van der Waals surface area contributed by atoms with Gasteiger partial charge in [-0.15, -0.1) is 0 Å². The van der Waals surface area contributed by atoms with E-state index in [-0.39, 0.29) is 11.9 Å². The summed E-state index contributed by atoms with van der Waals surface area (Å²) in [5, 5.41) is 7.31. The Morgan fingerprint density at radius 2 is 1.83 bits per heavy atom. The van der Waals surface area contributed by atoms with E-state index in [0.29, 0.717) is 29.1 Å². The van der Waals surface area contributed by atoms with E-state index < -0.39 is 17.9 Å². The second kappa shape index (κ2) is 8.41. The Morgan fingerprint density at radius 3 is 2.45 bits per heavy atom. The number of nitrogens with zero attached hydrogens (tertiary/aromatic N) is 3. The van der Waals surface area contributed by atoms with Crippen molar-refractivity contribution in [1.29, 1.82) is 0 Å². The number of amides is 3. The van der Waals surface area contributed by atoms with Gasteiger partial charge in [0, 0.05) is 6.07 Å². The molecule has 1 fully saturated rings. The maximum Gasteiger partial charge on any atom is 0.262 e. The summed E-state index contributed by atoms with van der Waals surface area (Å²) < 4.78 is 1.86. The van der Waals surface area contributed by atoms with Gasteiger partial charge < -0.3 is 5.32 Å². The predicted molar refractivity (Wildman–Crippen MR) is 112 cm³/mol. The Bertz CT molecular complexity index is 901. The Balaban J connectivity index is 1.58. The standard InChI is InChI=1S/C21H24N4O3S/c1-29-13-11-17(24-20(27)15-8-4-5-9-16(15)21(24)28)19(26)23-18-10-12-22-25(18)14-6-2-3-7-14/h4-5,8-10,12,14,17H,2-3,6-7,11,13H2,1H3,(H,23,26)/t17-/m0/s1. The molecule has 1 N–H and O–H groups in total. The van der Waals surface area contributed by atoms with Crippen molar-refractivity contribution in [2.24, 2.45) is 0 Å². The van der Waals surface area contributed by atoms with E-state index >= 15 is 0 Å². The van der Waals surface area contributed by atoms with E-state index in [1.54, 1.807) is 48.3 Å². The molecule has 1 aromatic heterocycles. The minimum atomic E-state index is -0.859. The summed E-state index contributed by atoms with van der Waals surface area (Å²) in [5.41, 5.74) is 0.714. The maximum atomic E-state index is 13.2. The van der Waals surface area contributed by atoms with Crippen molar-refractivity contribution in [3.63, 3.8) is 0 Å². The monoisotopic (exact) mass is 412 g/mol. The molecule has 0 bridgehead atoms. The number of anilines is 1. The third-order valence-electron chi connectivity index (χ3n) is 5.63. The summed E-state index contributed by atoms with van der Waals surface area (Å²) >= 11 is 1.58. The zero-order valence-electron chi connectivity index (χ0n) is 16.3. The predicted octanol–water partition coefficient (Wildman–Crippen LogP) is 3.35. The number of fused-ring (bicyclic) bond motifs is 1. The number of carbonyl (C=O) groups excluding carboxylic acids is 3. The summed E-state index contributed by atoms with van der Waals surface area (Å²) in [4.78, 5) is 40.1. The van der Waals surface area contributed by atoms with Crippen molar-refractivity contribution in [3.05, 3.63) is 47.7 Å². The van der Waals surface area contributed by atoms with Gasteiger partial charge in [-0.1, -0.05) is 25.0 Å². The number of thioether (sulfide) groups is 1. The van der Waals surface area contributed by atoms with Crippen LogP contribution in [0.25, 0.3) is 0 Å². The zero-order valence-corrected chi connectivity index (χ0v) is 17.2. The summed E-state index contributed by atoms with van der Waals surface area (Å²) in [7, 11) is 0. The third-order valence-corrected chi connectivity index (χ3v) is 6.27. The largest absolute Gasteiger partial charge is 0.309 e. The maximum absolute atomic E-state index is 13.2. The van der Waals surface area contributed by atoms with Gasteiger partial charge in [0.25, 0.3) is 11.8 Å². The minimum absolute atomic E-state index is 0.282. The number of aromatic nitrogens is 2. The van der Waals surface area contributed by atoms with Gasteiger partial charge >= 0.3 is 0 Å². The molecule has 1 aliphatic carbocycles. The SMILES string of the molecule is CSCC[C@@H](C(=O)Nc1ccnn1C1CCCC1)N1C(=O)c2ccccc2C1=O. The highest BCUT2D eigenvalue weighted by Crippen LogP contribution is 2.32. The average molecular weight is 413 g/mol. The normalized spacial score (nSPS) is 17.6. The molecular weight excluding hydrogens is 388 g/mol. The van der Waals surface area contributed by atoms with Gasteiger partial charge in [0.2, 0.25) is 5.91 Å². The highest BCUT2D eigenvalue weighted by Gasteiger charge is 2.42. The third kappa shape index (κ3) is 3.69. The summed E-state index contributed by atoms with van der Waals surface area (Å²) in [5.74, 6) is 0.112. The first kappa shape index (κ1) is 19.7. The van der Waals surface area contributed by atoms with E-state index in [2.05, 4.69) is 10.4 Å². The van der Waals surface area contributed by atoms with Gasteiger partial charge in [-0.25, -0.2) is 4.68 Å². The lowest BCUT2D eigenvalue weighted by atomic mass is 10.1. The van der Waals surface area contributed by atoms with Crippen molar-refractivity contribution >= 4 is 35.3 Å². The number of benzene rings is 1. The zero-order chi connectivity index (χ0) is 20.4. The summed E-state index contributed by atoms with van der Waals surface area (Å²) in [6, 6.07) is 7.91. The molecule has 0 spiro atoms. The smallest absolute Gasteiger partial charge is 0.262 e. The van der Waals surface area contributed by atoms with Crippen LogP contribution in [-0.4, -0.2) is 50.5 Å². The van der Waals surface area contributed by atoms with Gasteiger partial charge in [0.05, 0.1) is 23.4 Å². The van der Waals surface area contributed by atoms with Crippen LogP contribution in [0.3, 0.4) is 0 Å². The number of nitrogens with one attached hydrogen (secondary N) is 1. The second-order valence-corrected chi connectivity index (χ2v) is 8.40. The number of carbonyl (C=O) groups is 3. The molecular formula is C21H24N4O3S. The molecule has 1 aromatic carbocycles. The van der Waals surface area contributed by atoms with Crippen molar-refractivity contribution in [3.8, 4) is 0 Å². The molecule has 1 aliphatic heterocycles. The van der Waals surface area contributed by atoms with Crippen LogP contribution in [0, 0.1) is 0 Å². The van der Waals surface area contributed by atoms with Crippen LogP contribution in [0.5, 0.6) is 0 Å². The van der Waals surface area contributed by atoms with Gasteiger partial charge in [0.15, 0.2) is 0 Å². The molecule has 0 radical (unpaired) electrons. The van der Waals surface area contributed by atoms with Gasteiger partial charge in [-0.05, 0) is 43.4 Å². The molecule has 1 atom stereocenters. The fourth-order valence-corrected chi connectivity index (χ4v) is 4.62. The summed E-state index contributed by atoms with van der Waals surface area (Å²) in [6.45, 7) is 0. The van der Waals surface area contributed by atoms with Gasteiger partial charge in [-0.3, -0.25) is 19.3 Å². The topological polar surface area (TPSA) is 84.3 Å². The van der Waals surface area contributed by atoms with Gasteiger partial charge in [-0.2, -0.15) is 16.9 Å². The first-order valence-electron chi connectivity index (χ1n) is 9.92. The quantitative estimate of drug-likeness (QED) is 0.705. The molecule has 1 saturated carbocycles. The van der Waals surface area contributed by atoms with Crippen LogP contribution < -0.4 is 5.32 Å². The van der Waals surface area contributed by atoms with E-state index in [0.717, 1.165) is 30.6 Å². The molecule has 0 saturated heterocycles. The Morgan fingerprint density at radius 1 is 1.17 bits per heavy atom. The molecule has 2 aromatic rings. The molecule has 29 heavy (non-hydrogen) atoms. The van der Waals surface area contributed by atoms with Gasteiger partial charge in [0.1, 0.15) is 11.9 Å². The van der Waals surface area contributed by atoms with E-state index in [4.69, 9.17) is 0 Å². The van der Waals surface area contributed by atoms with Crippen molar-refractivity contribution in [2.45, 2.75) is 44.2 Å². The molecule has 4 rings (SSSR count). The molecule has 2 aliphatic rings. The summed E-state index contributed by atoms with van der Waals surface area (Å²) in [6.07, 6.45) is 8.40. The Kier molecular flexibility index (Phi) is 5.71. The molecule has 7 nitrogen and oxygen atoms in total. The fourth-order valence-electron chi connectivity index (χ4n) is 4.16. The first-order chi connectivity index (χ1) is 14.1. The minimum Gasteiger partial charge on any atom is -0.309 e. The Labute approximate surface area is 173 Å². The van der Waals surface area contributed by atoms with Crippen LogP contribution >= 0.6 is 11.8 Å². The van der Waals surface area contributed by atoms with Crippen LogP contribution in [-0.2, 0) is 4.79 Å². The van der Waals surface area contributed by atoms with E-state index in [1.807, 2.05) is 10.9 Å². The fraction of sp³-hybridized carbons (Fsp3) is 0.429. The lowest BCUT2D eigenvalue weighted by Gasteiger charge is -2.25. The molecule has 8 heteroatoms. The molecule has 0 unspecified atom stereocenters. The highest BCUT2D eigenvalue weighted by molar-refractivity contribution is 7.98. The Hall–Kier alpha value is -2.61. The molecule has 2 heterocycles. The van der Waals surface area contributed by atoms with Crippen LogP contribution in [0.4, 0.5) is 5.82 Å². The van der Waals surface area contributed by atoms with Crippen LogP contribution in [0.2, 0.25) is 0 Å². The lowest BCUT2D eigenvalue weighted by molar-refractivity contribution is -0.120. The van der Waals surface area contributed by atoms with E-state index in [9.17, 15) is 14.4 Å². The van der Waals surface area contributed by atoms with Crippen molar-refractivity contribution in [2.75, 3.05) is 17.3 Å². The number of hydrogen-bond acceptors (Lipinski definition) is 5. The van der Waals surface area contributed by atoms with Crippen LogP contribution in [0.1, 0.15) is 58.9 Å². The molecule has 152 valence electrons. The molecule has 3 amide bonds. The number of imide groups is 1. The van der Waals surface area contributed by atoms with Crippen LogP contribution in [0.15, 0.2) is 36.5 Å². The average Bonchev–Trinajstić information content (AvgIpc) is 3.45. The van der Waals surface area contributed by atoms with Crippen molar-refractivity contribution in [1.82, 2.24) is 14.7 Å². The lowest BCUT2D eigenvalue weighted by Crippen LogP contribution is -2.47. The second-order valence-electron chi connectivity index (χ2n) is 7.41. The van der Waals surface area contributed by atoms with E-state index in [1.165, 1.54) is 0 Å².